The van der Waals surface area contributed by atoms with Gasteiger partial charge in [-0.1, -0.05) is 12.1 Å². The normalized spacial score (nSPS) is 10.6. The largest absolute Gasteiger partial charge is 0.497 e. The molecule has 0 saturated heterocycles. The van der Waals surface area contributed by atoms with Crippen LogP contribution in [-0.4, -0.2) is 20.1 Å². The lowest BCUT2D eigenvalue weighted by Crippen LogP contribution is -2.13. The van der Waals surface area contributed by atoms with Crippen molar-refractivity contribution >= 4 is 11.6 Å². The number of carbonyl (C=O) groups is 1. The van der Waals surface area contributed by atoms with E-state index in [1.165, 1.54) is 11.1 Å². The van der Waals surface area contributed by atoms with Crippen LogP contribution in [0.4, 0.5) is 5.69 Å². The van der Waals surface area contributed by atoms with E-state index >= 15 is 0 Å². The summed E-state index contributed by atoms with van der Waals surface area (Å²) in [5, 5.41) is 2.87. The Bertz CT molecular complexity index is 974. The fourth-order valence-corrected chi connectivity index (χ4v) is 2.92. The maximum absolute atomic E-state index is 12.4. The number of carbonyl (C=O) groups excluding carboxylic acids is 1. The molecule has 0 aliphatic carbocycles. The Hall–Kier alpha value is -3.21. The highest BCUT2D eigenvalue weighted by molar-refractivity contribution is 5.92. The zero-order valence-corrected chi connectivity index (χ0v) is 16.7. The zero-order valence-electron chi connectivity index (χ0n) is 16.7. The minimum atomic E-state index is -0.115. The molecule has 3 rings (SSSR count). The molecule has 2 aromatic carbocycles. The van der Waals surface area contributed by atoms with E-state index in [0.29, 0.717) is 30.0 Å². The number of rotatable bonds is 7. The molecule has 28 heavy (non-hydrogen) atoms. The molecule has 0 radical (unpaired) electrons. The molecule has 146 valence electrons. The van der Waals surface area contributed by atoms with Gasteiger partial charge in [-0.05, 0) is 55.3 Å². The lowest BCUT2D eigenvalue weighted by atomic mass is 10.1. The van der Waals surface area contributed by atoms with Crippen LogP contribution in [0.25, 0.3) is 11.3 Å². The van der Waals surface area contributed by atoms with Crippen molar-refractivity contribution in [2.45, 2.75) is 26.7 Å². The molecule has 3 aromatic rings. The molecule has 0 aliphatic heterocycles. The summed E-state index contributed by atoms with van der Waals surface area (Å²) in [5.74, 6) is 2.72. The number of ether oxygens (including phenoxy) is 2. The van der Waals surface area contributed by atoms with E-state index in [1.54, 1.807) is 32.4 Å². The molecule has 0 unspecified atom stereocenters. The van der Waals surface area contributed by atoms with E-state index < -0.39 is 0 Å². The third-order valence-electron chi connectivity index (χ3n) is 4.73. The van der Waals surface area contributed by atoms with Crippen LogP contribution >= 0.6 is 0 Å². The topological polar surface area (TPSA) is 60.7 Å². The van der Waals surface area contributed by atoms with Crippen molar-refractivity contribution in [2.75, 3.05) is 19.5 Å². The van der Waals surface area contributed by atoms with Crippen LogP contribution in [0, 0.1) is 13.8 Å². The second-order valence-corrected chi connectivity index (χ2v) is 6.68. The summed E-state index contributed by atoms with van der Waals surface area (Å²) in [5.41, 5.74) is 4.10. The molecule has 1 aromatic heterocycles. The van der Waals surface area contributed by atoms with Crippen molar-refractivity contribution in [3.8, 4) is 22.8 Å². The van der Waals surface area contributed by atoms with Gasteiger partial charge in [0.05, 0.1) is 19.9 Å². The smallest absolute Gasteiger partial charge is 0.224 e. The van der Waals surface area contributed by atoms with Crippen molar-refractivity contribution in [3.63, 3.8) is 0 Å². The Labute approximate surface area is 165 Å². The van der Waals surface area contributed by atoms with Crippen LogP contribution in [0.2, 0.25) is 0 Å². The summed E-state index contributed by atoms with van der Waals surface area (Å²) in [7, 11) is 3.14. The number of aryl methyl sites for hydroxylation is 3. The van der Waals surface area contributed by atoms with Gasteiger partial charge in [-0.3, -0.25) is 4.79 Å². The van der Waals surface area contributed by atoms with Crippen LogP contribution in [0.5, 0.6) is 11.5 Å². The van der Waals surface area contributed by atoms with Gasteiger partial charge in [-0.2, -0.15) is 0 Å². The van der Waals surface area contributed by atoms with Gasteiger partial charge in [0.2, 0.25) is 5.91 Å². The van der Waals surface area contributed by atoms with Gasteiger partial charge in [-0.15, -0.1) is 0 Å². The lowest BCUT2D eigenvalue weighted by molar-refractivity contribution is -0.116. The minimum absolute atomic E-state index is 0.115. The molecule has 0 atom stereocenters. The summed E-state index contributed by atoms with van der Waals surface area (Å²) >= 11 is 0. The van der Waals surface area contributed by atoms with Gasteiger partial charge in [-0.25, -0.2) is 0 Å². The molecule has 0 spiro atoms. The third-order valence-corrected chi connectivity index (χ3v) is 4.73. The number of benzene rings is 2. The first-order valence-corrected chi connectivity index (χ1v) is 9.18. The minimum Gasteiger partial charge on any atom is -0.497 e. The molecule has 1 N–H and O–H groups in total. The van der Waals surface area contributed by atoms with Crippen molar-refractivity contribution in [2.24, 2.45) is 0 Å². The van der Waals surface area contributed by atoms with Gasteiger partial charge < -0.3 is 19.2 Å². The van der Waals surface area contributed by atoms with E-state index in [4.69, 9.17) is 13.9 Å². The Balaban J connectivity index is 1.62. The van der Waals surface area contributed by atoms with Crippen molar-refractivity contribution < 1.29 is 18.7 Å². The highest BCUT2D eigenvalue weighted by Crippen LogP contribution is 2.29. The van der Waals surface area contributed by atoms with Crippen LogP contribution in [0.15, 0.2) is 52.9 Å². The van der Waals surface area contributed by atoms with Crippen molar-refractivity contribution in [3.05, 3.63) is 65.4 Å². The number of hydrogen-bond donors (Lipinski definition) is 1. The first-order valence-electron chi connectivity index (χ1n) is 9.18. The number of furan rings is 1. The van der Waals surface area contributed by atoms with Crippen molar-refractivity contribution in [1.82, 2.24) is 0 Å². The van der Waals surface area contributed by atoms with Crippen LogP contribution in [0.1, 0.15) is 23.3 Å². The SMILES string of the molecule is COc1ccc(OC)c(NC(=O)CCc2ccc(-c3ccc(C)c(C)c3)o2)c1. The third kappa shape index (κ3) is 4.55. The Kier molecular flexibility index (Phi) is 6.04. The summed E-state index contributed by atoms with van der Waals surface area (Å²) in [4.78, 5) is 12.4. The predicted octanol–water partition coefficient (Wildman–Crippen LogP) is 5.15. The number of nitrogens with one attached hydrogen (secondary N) is 1. The molecule has 0 saturated carbocycles. The fourth-order valence-electron chi connectivity index (χ4n) is 2.92. The zero-order chi connectivity index (χ0) is 20.1. The quantitative estimate of drug-likeness (QED) is 0.616. The van der Waals surface area contributed by atoms with Gasteiger partial charge in [0, 0.05) is 24.5 Å². The average Bonchev–Trinajstić information content (AvgIpc) is 3.17. The molecule has 0 fully saturated rings. The number of methoxy groups -OCH3 is 2. The maximum atomic E-state index is 12.4. The Morgan fingerprint density at radius 3 is 2.50 bits per heavy atom. The number of anilines is 1. The van der Waals surface area contributed by atoms with Gasteiger partial charge in [0.15, 0.2) is 0 Å². The number of amides is 1. The predicted molar refractivity (Wildman–Crippen MR) is 110 cm³/mol. The number of hydrogen-bond acceptors (Lipinski definition) is 4. The standard InChI is InChI=1S/C23H25NO4/c1-15-5-6-17(13-16(15)2)21-10-7-18(28-21)9-12-23(25)24-20-14-19(26-3)8-11-22(20)27-4/h5-8,10-11,13-14H,9,12H2,1-4H3,(H,24,25). The first-order chi connectivity index (χ1) is 13.5. The fraction of sp³-hybridized carbons (Fsp3) is 0.261. The van der Waals surface area contributed by atoms with Crippen molar-refractivity contribution in [1.29, 1.82) is 0 Å². The molecule has 0 aliphatic rings. The van der Waals surface area contributed by atoms with Gasteiger partial charge in [0.1, 0.15) is 23.0 Å². The van der Waals surface area contributed by atoms with Gasteiger partial charge in [0.25, 0.3) is 0 Å². The molecular weight excluding hydrogens is 354 g/mol. The summed E-state index contributed by atoms with van der Waals surface area (Å²) < 4.78 is 16.4. The highest BCUT2D eigenvalue weighted by Gasteiger charge is 2.11. The molecular formula is C23H25NO4. The molecule has 0 bridgehead atoms. The Morgan fingerprint density at radius 2 is 1.79 bits per heavy atom. The Morgan fingerprint density at radius 1 is 0.964 bits per heavy atom. The molecule has 1 heterocycles. The van der Waals surface area contributed by atoms with Gasteiger partial charge >= 0.3 is 0 Å². The van der Waals surface area contributed by atoms with Crippen LogP contribution in [0.3, 0.4) is 0 Å². The average molecular weight is 379 g/mol. The monoisotopic (exact) mass is 379 g/mol. The summed E-state index contributed by atoms with van der Waals surface area (Å²) in [6, 6.07) is 15.4. The van der Waals surface area contributed by atoms with E-state index in [9.17, 15) is 4.79 Å². The van der Waals surface area contributed by atoms with E-state index in [0.717, 1.165) is 17.1 Å². The lowest BCUT2D eigenvalue weighted by Gasteiger charge is -2.11. The highest BCUT2D eigenvalue weighted by atomic mass is 16.5. The molecule has 5 heteroatoms. The van der Waals surface area contributed by atoms with E-state index in [-0.39, 0.29) is 5.91 Å². The second kappa shape index (κ2) is 8.65. The summed E-state index contributed by atoms with van der Waals surface area (Å²) in [6.45, 7) is 4.17. The second-order valence-electron chi connectivity index (χ2n) is 6.68. The van der Waals surface area contributed by atoms with Crippen LogP contribution in [-0.2, 0) is 11.2 Å². The first kappa shape index (κ1) is 19.5. The van der Waals surface area contributed by atoms with Crippen LogP contribution < -0.4 is 14.8 Å². The molecule has 5 nitrogen and oxygen atoms in total. The van der Waals surface area contributed by atoms with E-state index in [2.05, 4.69) is 31.3 Å². The summed E-state index contributed by atoms with van der Waals surface area (Å²) in [6.07, 6.45) is 0.823. The van der Waals surface area contributed by atoms with E-state index in [1.807, 2.05) is 18.2 Å². The maximum Gasteiger partial charge on any atom is 0.224 e. The molecule has 1 amide bonds.